The largest absolute Gasteiger partial charge is 1.00 e. The molecule has 2 saturated carbocycles. The van der Waals surface area contributed by atoms with Crippen molar-refractivity contribution in [2.24, 2.45) is 11.8 Å². The van der Waals surface area contributed by atoms with Gasteiger partial charge in [-0.15, -0.1) is 0 Å². The Bertz CT molecular complexity index is 1200. The number of aliphatic carboxylic acids is 2. The molecule has 0 radical (unpaired) electrons. The molecule has 4 unspecified atom stereocenters. The molecule has 0 heterocycles. The summed E-state index contributed by atoms with van der Waals surface area (Å²) in [4.78, 5) is 43.9. The molecule has 0 saturated heterocycles. The van der Waals surface area contributed by atoms with Gasteiger partial charge in [-0.05, 0) is 52.4 Å². The van der Waals surface area contributed by atoms with E-state index in [1.54, 1.807) is 24.3 Å². The maximum absolute atomic E-state index is 13.1. The van der Waals surface area contributed by atoms with Crippen molar-refractivity contribution in [3.63, 3.8) is 0 Å². The first kappa shape index (κ1) is 47.4. The molecule has 1 aromatic rings. The van der Waals surface area contributed by atoms with Gasteiger partial charge in [0.25, 0.3) is 0 Å². The molecule has 0 aromatic heterocycles. The van der Waals surface area contributed by atoms with E-state index >= 15 is 0 Å². The van der Waals surface area contributed by atoms with Crippen molar-refractivity contribution < 1.29 is 82.5 Å². The van der Waals surface area contributed by atoms with Gasteiger partial charge >= 0.3 is 0 Å². The lowest BCUT2D eigenvalue weighted by Crippen LogP contribution is -3.00. The zero-order valence-electron chi connectivity index (χ0n) is 28.8. The number of halogens is 2. The maximum atomic E-state index is 13.1. The van der Waals surface area contributed by atoms with Gasteiger partial charge in [-0.1, -0.05) is 37.1 Å². The van der Waals surface area contributed by atoms with Crippen molar-refractivity contribution in [3.05, 3.63) is 35.4 Å². The van der Waals surface area contributed by atoms with Crippen LogP contribution in [0.4, 0.5) is 0 Å². The molecule has 48 heavy (non-hydrogen) atoms. The minimum absolute atomic E-state index is 0. The predicted molar refractivity (Wildman–Crippen MR) is 165 cm³/mol. The lowest BCUT2D eigenvalue weighted by atomic mass is 9.75. The number of nitriles is 2. The number of carboxylic acids is 2. The van der Waals surface area contributed by atoms with E-state index in [-0.39, 0.29) is 70.5 Å². The molecule has 2 aliphatic carbocycles. The third-order valence-corrected chi connectivity index (χ3v) is 8.56. The average molecular weight is 803 g/mol. The highest BCUT2D eigenvalue weighted by Gasteiger charge is 2.44. The van der Waals surface area contributed by atoms with Crippen LogP contribution in [0.2, 0.25) is 0 Å². The van der Waals surface area contributed by atoms with Crippen LogP contribution in [0.3, 0.4) is 0 Å². The Morgan fingerprint density at radius 2 is 0.979 bits per heavy atom. The minimum Gasteiger partial charge on any atom is -1.00 e. The second-order valence-corrected chi connectivity index (χ2v) is 13.9. The summed E-state index contributed by atoms with van der Waals surface area (Å²) < 4.78 is 0.742. The third kappa shape index (κ3) is 16.1. The number of aliphatic hydroxyl groups is 2. The zero-order chi connectivity index (χ0) is 35.3. The Morgan fingerprint density at radius 3 is 1.23 bits per heavy atom. The van der Waals surface area contributed by atoms with Gasteiger partial charge in [0, 0.05) is 23.1 Å². The second-order valence-electron chi connectivity index (χ2n) is 13.9. The van der Waals surface area contributed by atoms with Gasteiger partial charge in [-0.3, -0.25) is 9.59 Å². The number of Topliss-reactive ketones (excluding diaryl/α,β-unsaturated/α-hetero) is 2. The van der Waals surface area contributed by atoms with Crippen molar-refractivity contribution in [3.8, 4) is 12.1 Å². The number of likely N-dealkylation sites (N-methyl/N-ethyl adjacent to an activating group) is 2. The minimum atomic E-state index is -1.32. The maximum Gasteiger partial charge on any atom is 0.216 e. The van der Waals surface area contributed by atoms with Crippen LogP contribution in [-0.4, -0.2) is 108 Å². The van der Waals surface area contributed by atoms with E-state index < -0.39 is 23.1 Å². The topological polar surface area (TPSA) is 202 Å². The van der Waals surface area contributed by atoms with Crippen molar-refractivity contribution in [1.82, 2.24) is 0 Å². The number of benzene rings is 1. The van der Waals surface area contributed by atoms with E-state index in [0.717, 1.165) is 52.4 Å². The number of nitrogens with zero attached hydrogens (tertiary/aromatic N) is 4. The molecule has 270 valence electrons. The Balaban J connectivity index is 0. The van der Waals surface area contributed by atoms with Crippen molar-refractivity contribution in [2.45, 2.75) is 76.4 Å². The molecular weight excluding hydrogens is 752 g/mol. The van der Waals surface area contributed by atoms with Gasteiger partial charge < -0.3 is 72.9 Å². The molecule has 4 atom stereocenters. The molecule has 0 amide bonds. The van der Waals surface area contributed by atoms with Gasteiger partial charge in [0.05, 0.1) is 65.3 Å². The number of quaternary nitrogens is 2. The van der Waals surface area contributed by atoms with Crippen LogP contribution >= 0.6 is 0 Å². The van der Waals surface area contributed by atoms with Crippen LogP contribution in [0.1, 0.15) is 85.9 Å². The highest BCUT2D eigenvalue weighted by atomic mass is 79.9. The van der Waals surface area contributed by atoms with Crippen LogP contribution in [0.5, 0.6) is 0 Å². The normalized spacial score (nSPS) is 23.4. The summed E-state index contributed by atoms with van der Waals surface area (Å²) in [6.07, 6.45) is 6.17. The van der Waals surface area contributed by atoms with Crippen LogP contribution in [-0.2, 0) is 9.59 Å². The summed E-state index contributed by atoms with van der Waals surface area (Å²) in [5, 5.41) is 58.3. The Kier molecular flexibility index (Phi) is 20.5. The van der Waals surface area contributed by atoms with Gasteiger partial charge in [0.1, 0.15) is 13.1 Å². The number of hydrogen-bond donors (Lipinski definition) is 2. The van der Waals surface area contributed by atoms with Gasteiger partial charge in [0.2, 0.25) is 11.6 Å². The molecule has 0 bridgehead atoms. The fraction of sp³-hybridized carbons (Fsp3) is 0.647. The first-order chi connectivity index (χ1) is 21.2. The Morgan fingerprint density at radius 1 is 0.708 bits per heavy atom. The Labute approximate surface area is 305 Å². The van der Waals surface area contributed by atoms with Crippen molar-refractivity contribution in [1.29, 1.82) is 10.5 Å². The number of ketones is 2. The molecular formula is C34H50Br2N4O8-2. The number of rotatable bonds is 10. The van der Waals surface area contributed by atoms with Crippen LogP contribution in [0.25, 0.3) is 0 Å². The van der Waals surface area contributed by atoms with Crippen molar-refractivity contribution >= 4 is 23.5 Å². The summed E-state index contributed by atoms with van der Waals surface area (Å²) in [5.74, 6) is -2.59. The molecule has 14 heteroatoms. The summed E-state index contributed by atoms with van der Waals surface area (Å²) in [5.41, 5.74) is -1.59. The molecule has 12 nitrogen and oxygen atoms in total. The lowest BCUT2D eigenvalue weighted by molar-refractivity contribution is -0.886. The first-order valence-corrected chi connectivity index (χ1v) is 15.6. The van der Waals surface area contributed by atoms with E-state index in [2.05, 4.69) is 12.1 Å². The number of carbonyl (C=O) groups excluding carboxylic acids is 4. The molecule has 2 N–H and O–H groups in total. The quantitative estimate of drug-likeness (QED) is 0.131. The van der Waals surface area contributed by atoms with E-state index in [9.17, 15) is 30.3 Å². The van der Waals surface area contributed by atoms with Gasteiger partial charge in [-0.25, -0.2) is 0 Å². The average Bonchev–Trinajstić information content (AvgIpc) is 2.94. The van der Waals surface area contributed by atoms with Crippen LogP contribution < -0.4 is 44.2 Å². The molecule has 2 aliphatic rings. The van der Waals surface area contributed by atoms with Crippen LogP contribution in [0, 0.1) is 34.5 Å². The van der Waals surface area contributed by atoms with E-state index in [0.29, 0.717) is 46.0 Å². The molecule has 1 aromatic carbocycles. The predicted octanol–water partition coefficient (Wildman–Crippen LogP) is -5.39. The number of hydrogen-bond acceptors (Lipinski definition) is 10. The molecule has 3 rings (SSSR count). The second kappa shape index (κ2) is 20.7. The van der Waals surface area contributed by atoms with Gasteiger partial charge in [0.15, 0.2) is 11.2 Å². The van der Waals surface area contributed by atoms with Gasteiger partial charge in [-0.2, -0.15) is 10.5 Å². The lowest BCUT2D eigenvalue weighted by Gasteiger charge is -2.40. The third-order valence-electron chi connectivity index (χ3n) is 8.56. The molecule has 0 aliphatic heterocycles. The summed E-state index contributed by atoms with van der Waals surface area (Å²) in [6.45, 7) is 3.50. The SMILES string of the molecule is CC(=O)[O-].CC(=O)[O-].C[N+](C)(CC(=O)c1ccc(C(=O)C[N+](C)(C)CC2CCCCC2(O)C#N)cc1)CC1CCCCC1(O)C#N.[Br-].[Br-]. The van der Waals surface area contributed by atoms with E-state index in [4.69, 9.17) is 19.8 Å². The molecule has 2 fully saturated rings. The summed E-state index contributed by atoms with van der Waals surface area (Å²) in [6, 6.07) is 11.0. The highest BCUT2D eigenvalue weighted by Crippen LogP contribution is 2.36. The first-order valence-electron chi connectivity index (χ1n) is 15.6. The van der Waals surface area contributed by atoms with Crippen LogP contribution in [0.15, 0.2) is 24.3 Å². The Hall–Kier alpha value is -2.72. The summed E-state index contributed by atoms with van der Waals surface area (Å²) in [7, 11) is 7.79. The fourth-order valence-electron chi connectivity index (χ4n) is 6.36. The standard InChI is InChI=1S/C30H44N4O4.2C2H4O2.2BrH/c1-33(2,17-25-9-5-7-15-29(25,37)21-31)19-27(35)23-11-13-24(14-12-23)28(36)20-34(3,4)18-26-10-6-8-16-30(26,38)22-32;2*1-2(3)4;;/h11-14,25-26,37-38H,5-10,15-20H2,1-4H3;2*1H3,(H,3,4);2*1H/q+2;;;;/p-4. The smallest absolute Gasteiger partial charge is 0.216 e. The summed E-state index contributed by atoms with van der Waals surface area (Å²) >= 11 is 0. The highest BCUT2D eigenvalue weighted by molar-refractivity contribution is 6.00. The zero-order valence-corrected chi connectivity index (χ0v) is 32.0. The van der Waals surface area contributed by atoms with Crippen molar-refractivity contribution in [2.75, 3.05) is 54.4 Å². The van der Waals surface area contributed by atoms with E-state index in [1.807, 2.05) is 28.2 Å². The van der Waals surface area contributed by atoms with E-state index in [1.165, 1.54) is 0 Å². The monoisotopic (exact) mass is 800 g/mol. The number of carboxylic acid groups (broad SMARTS) is 2. The molecule has 0 spiro atoms. The number of carbonyl (C=O) groups is 4. The fourth-order valence-corrected chi connectivity index (χ4v) is 6.36.